The van der Waals surface area contributed by atoms with E-state index in [1.54, 1.807) is 23.2 Å². The first kappa shape index (κ1) is 19.2. The maximum Gasteiger partial charge on any atom is 0.261 e. The zero-order valence-electron chi connectivity index (χ0n) is 16.5. The van der Waals surface area contributed by atoms with Crippen molar-refractivity contribution >= 4 is 23.4 Å². The lowest BCUT2D eigenvalue weighted by Gasteiger charge is -2.30. The van der Waals surface area contributed by atoms with Gasteiger partial charge in [-0.15, -0.1) is 10.2 Å². The highest BCUT2D eigenvalue weighted by atomic mass is 32.2. The van der Waals surface area contributed by atoms with Crippen LogP contribution in [0.15, 0.2) is 84.1 Å². The number of thioether (sulfide) groups is 1. The first-order chi connectivity index (χ1) is 15.3. The van der Waals surface area contributed by atoms with E-state index in [1.807, 2.05) is 66.9 Å². The summed E-state index contributed by atoms with van der Waals surface area (Å²) in [6.45, 7) is 0. The van der Waals surface area contributed by atoms with Crippen LogP contribution >= 0.6 is 11.8 Å². The third-order valence-corrected chi connectivity index (χ3v) is 5.41. The van der Waals surface area contributed by atoms with E-state index in [9.17, 15) is 4.79 Å². The Morgan fingerprint density at radius 3 is 2.52 bits per heavy atom. The Kier molecular flexibility index (Phi) is 5.05. The van der Waals surface area contributed by atoms with Crippen LogP contribution < -0.4 is 9.64 Å². The van der Waals surface area contributed by atoms with Gasteiger partial charge in [-0.25, -0.2) is 0 Å². The van der Waals surface area contributed by atoms with E-state index in [4.69, 9.17) is 4.74 Å². The van der Waals surface area contributed by atoms with Crippen molar-refractivity contribution in [3.63, 3.8) is 0 Å². The van der Waals surface area contributed by atoms with Crippen LogP contribution in [0.2, 0.25) is 0 Å². The second kappa shape index (κ2) is 8.16. The minimum atomic E-state index is -0.831. The van der Waals surface area contributed by atoms with Crippen LogP contribution in [0.25, 0.3) is 11.3 Å². The smallest absolute Gasteiger partial charge is 0.261 e. The highest BCUT2D eigenvalue weighted by molar-refractivity contribution is 7.98. The van der Waals surface area contributed by atoms with Crippen molar-refractivity contribution in [3.05, 3.63) is 90.3 Å². The standard InChI is InChI=1S/C23H17N5O2S/c1-31-23-25-20-19(26-27-23)16-11-5-6-13-18(16)28(21(29)15-9-3-2-4-10-15)22(30-20)17-12-7-8-14-24-17/h2-14,22H,1H3/t22-/m1/s1. The van der Waals surface area contributed by atoms with Crippen molar-refractivity contribution in [2.45, 2.75) is 11.4 Å². The summed E-state index contributed by atoms with van der Waals surface area (Å²) in [6.07, 6.45) is 2.71. The number of fused-ring (bicyclic) bond motifs is 3. The molecule has 0 aliphatic carbocycles. The van der Waals surface area contributed by atoms with E-state index in [2.05, 4.69) is 20.2 Å². The summed E-state index contributed by atoms with van der Waals surface area (Å²) in [7, 11) is 0. The molecular formula is C23H17N5O2S. The number of para-hydroxylation sites is 1. The quantitative estimate of drug-likeness (QED) is 0.449. The van der Waals surface area contributed by atoms with E-state index < -0.39 is 6.23 Å². The summed E-state index contributed by atoms with van der Waals surface area (Å²) < 4.78 is 6.34. The van der Waals surface area contributed by atoms with Crippen LogP contribution in [-0.2, 0) is 0 Å². The van der Waals surface area contributed by atoms with Gasteiger partial charge in [0.15, 0.2) is 5.69 Å². The number of aromatic nitrogens is 4. The number of pyridine rings is 1. The van der Waals surface area contributed by atoms with Gasteiger partial charge in [-0.05, 0) is 36.6 Å². The van der Waals surface area contributed by atoms with Crippen LogP contribution in [0.5, 0.6) is 5.88 Å². The fourth-order valence-corrected chi connectivity index (χ4v) is 3.75. The first-order valence-corrected chi connectivity index (χ1v) is 10.8. The summed E-state index contributed by atoms with van der Waals surface area (Å²) in [5, 5.41) is 9.03. The van der Waals surface area contributed by atoms with Gasteiger partial charge in [-0.2, -0.15) is 4.98 Å². The van der Waals surface area contributed by atoms with E-state index in [-0.39, 0.29) is 5.91 Å². The second-order valence-electron chi connectivity index (χ2n) is 6.74. The van der Waals surface area contributed by atoms with E-state index >= 15 is 0 Å². The number of nitrogens with zero attached hydrogens (tertiary/aromatic N) is 5. The molecule has 0 fully saturated rings. The summed E-state index contributed by atoms with van der Waals surface area (Å²) in [6, 6.07) is 22.1. The predicted octanol–water partition coefficient (Wildman–Crippen LogP) is 4.39. The molecule has 0 N–H and O–H groups in total. The molecule has 1 aliphatic rings. The third kappa shape index (κ3) is 3.51. The van der Waals surface area contributed by atoms with Crippen LogP contribution in [-0.4, -0.2) is 32.3 Å². The Morgan fingerprint density at radius 2 is 1.74 bits per heavy atom. The molecule has 1 amide bonds. The van der Waals surface area contributed by atoms with Crippen molar-refractivity contribution in [1.82, 2.24) is 20.2 Å². The molecule has 0 radical (unpaired) electrons. The third-order valence-electron chi connectivity index (χ3n) is 4.87. The van der Waals surface area contributed by atoms with Gasteiger partial charge in [-0.1, -0.05) is 54.2 Å². The van der Waals surface area contributed by atoms with E-state index in [1.165, 1.54) is 11.8 Å². The van der Waals surface area contributed by atoms with Gasteiger partial charge >= 0.3 is 0 Å². The fourth-order valence-electron chi connectivity index (χ4n) is 3.45. The Bertz CT molecular complexity index is 1240. The van der Waals surface area contributed by atoms with Gasteiger partial charge in [0.05, 0.1) is 5.69 Å². The number of anilines is 1. The zero-order chi connectivity index (χ0) is 21.2. The Balaban J connectivity index is 1.76. The van der Waals surface area contributed by atoms with E-state index in [0.29, 0.717) is 39.2 Å². The van der Waals surface area contributed by atoms with Crippen molar-refractivity contribution < 1.29 is 9.53 Å². The molecule has 0 saturated carbocycles. The molecule has 2 aromatic heterocycles. The maximum atomic E-state index is 13.7. The van der Waals surface area contributed by atoms with Crippen LogP contribution in [0.1, 0.15) is 22.3 Å². The molecule has 31 heavy (non-hydrogen) atoms. The lowest BCUT2D eigenvalue weighted by Crippen LogP contribution is -2.38. The number of amides is 1. The molecule has 2 aromatic carbocycles. The maximum absolute atomic E-state index is 13.7. The molecule has 4 aromatic rings. The number of hydrogen-bond acceptors (Lipinski definition) is 7. The second-order valence-corrected chi connectivity index (χ2v) is 7.51. The molecule has 8 heteroatoms. The van der Waals surface area contributed by atoms with Crippen molar-refractivity contribution in [2.75, 3.05) is 11.2 Å². The summed E-state index contributed by atoms with van der Waals surface area (Å²) in [5.74, 6) is 0.0976. The highest BCUT2D eigenvalue weighted by Gasteiger charge is 2.37. The molecule has 0 spiro atoms. The monoisotopic (exact) mass is 427 g/mol. The van der Waals surface area contributed by atoms with Gasteiger partial charge in [-0.3, -0.25) is 14.7 Å². The number of hydrogen-bond donors (Lipinski definition) is 0. The molecular weight excluding hydrogens is 410 g/mol. The van der Waals surface area contributed by atoms with Crippen LogP contribution in [0.4, 0.5) is 5.69 Å². The molecule has 1 aliphatic heterocycles. The average molecular weight is 427 g/mol. The summed E-state index contributed by atoms with van der Waals surface area (Å²) in [5.41, 5.74) is 2.97. The molecule has 5 rings (SSSR count). The van der Waals surface area contributed by atoms with Crippen LogP contribution in [0, 0.1) is 0 Å². The van der Waals surface area contributed by atoms with Crippen molar-refractivity contribution in [3.8, 4) is 17.1 Å². The Morgan fingerprint density at radius 1 is 0.968 bits per heavy atom. The topological polar surface area (TPSA) is 81.1 Å². The SMILES string of the molecule is CSc1nnc2c(n1)O[C@H](c1ccccn1)N(C(=O)c1ccccc1)c1ccccc1-2. The fraction of sp³-hybridized carbons (Fsp3) is 0.0870. The minimum Gasteiger partial charge on any atom is -0.445 e. The van der Waals surface area contributed by atoms with Gasteiger partial charge in [0.2, 0.25) is 17.3 Å². The van der Waals surface area contributed by atoms with Crippen molar-refractivity contribution in [1.29, 1.82) is 0 Å². The number of ether oxygens (including phenoxy) is 1. The number of rotatable bonds is 3. The van der Waals surface area contributed by atoms with Gasteiger partial charge in [0, 0.05) is 17.3 Å². The summed E-state index contributed by atoms with van der Waals surface area (Å²) >= 11 is 1.37. The normalized spacial score (nSPS) is 14.7. The average Bonchev–Trinajstić information content (AvgIpc) is 2.99. The molecule has 152 valence electrons. The summed E-state index contributed by atoms with van der Waals surface area (Å²) in [4.78, 5) is 24.3. The van der Waals surface area contributed by atoms with Crippen LogP contribution in [0.3, 0.4) is 0 Å². The molecule has 0 unspecified atom stereocenters. The molecule has 3 heterocycles. The lowest BCUT2D eigenvalue weighted by atomic mass is 10.1. The van der Waals surface area contributed by atoms with Gasteiger partial charge in [0.1, 0.15) is 5.69 Å². The number of carbonyl (C=O) groups excluding carboxylic acids is 1. The molecule has 0 saturated heterocycles. The zero-order valence-corrected chi connectivity index (χ0v) is 17.4. The molecule has 1 atom stereocenters. The Hall–Kier alpha value is -3.78. The van der Waals surface area contributed by atoms with Gasteiger partial charge < -0.3 is 4.74 Å². The van der Waals surface area contributed by atoms with Gasteiger partial charge in [0.25, 0.3) is 5.91 Å². The predicted molar refractivity (Wildman–Crippen MR) is 118 cm³/mol. The molecule has 0 bridgehead atoms. The number of benzene rings is 2. The number of carbonyl (C=O) groups is 1. The lowest BCUT2D eigenvalue weighted by molar-refractivity contribution is 0.0906. The highest BCUT2D eigenvalue weighted by Crippen LogP contribution is 2.43. The van der Waals surface area contributed by atoms with E-state index in [0.717, 1.165) is 0 Å². The Labute approximate surface area is 183 Å². The first-order valence-electron chi connectivity index (χ1n) is 9.60. The minimum absolute atomic E-state index is 0.213. The van der Waals surface area contributed by atoms with Crippen molar-refractivity contribution in [2.24, 2.45) is 0 Å². The largest absolute Gasteiger partial charge is 0.445 e. The molecule has 7 nitrogen and oxygen atoms in total.